The fourth-order valence-corrected chi connectivity index (χ4v) is 4.76. The van der Waals surface area contributed by atoms with Crippen molar-refractivity contribution in [3.8, 4) is 5.75 Å². The van der Waals surface area contributed by atoms with Gasteiger partial charge in [-0.2, -0.15) is 0 Å². The first-order chi connectivity index (χ1) is 13.0. The summed E-state index contributed by atoms with van der Waals surface area (Å²) in [6, 6.07) is 7.40. The van der Waals surface area contributed by atoms with E-state index in [4.69, 9.17) is 10.5 Å². The third-order valence-corrected chi connectivity index (χ3v) is 6.14. The van der Waals surface area contributed by atoms with Crippen LogP contribution in [0.5, 0.6) is 5.75 Å². The number of methoxy groups -OCH3 is 1. The molecular weight excluding hydrogens is 360 g/mol. The number of benzene rings is 1. The Morgan fingerprint density at radius 1 is 1.33 bits per heavy atom. The van der Waals surface area contributed by atoms with Crippen LogP contribution in [0, 0.1) is 5.92 Å². The molecule has 1 atom stereocenters. The fourth-order valence-electron chi connectivity index (χ4n) is 3.39. The van der Waals surface area contributed by atoms with E-state index in [0.717, 1.165) is 42.6 Å². The van der Waals surface area contributed by atoms with Crippen molar-refractivity contribution in [2.45, 2.75) is 32.6 Å². The first kappa shape index (κ1) is 19.2. The van der Waals surface area contributed by atoms with Crippen molar-refractivity contribution >= 4 is 34.2 Å². The molecule has 0 bridgehead atoms. The number of nitrogens with one attached hydrogen (secondary N) is 1. The lowest BCUT2D eigenvalue weighted by Crippen LogP contribution is -2.19. The highest BCUT2D eigenvalue weighted by atomic mass is 32.1. The van der Waals surface area contributed by atoms with Crippen LogP contribution in [0.1, 0.15) is 46.1 Å². The van der Waals surface area contributed by atoms with Gasteiger partial charge in [-0.25, -0.2) is 0 Å². The molecule has 1 aliphatic carbocycles. The van der Waals surface area contributed by atoms with Gasteiger partial charge in [0.25, 0.3) is 5.91 Å². The van der Waals surface area contributed by atoms with Gasteiger partial charge in [0.15, 0.2) is 0 Å². The van der Waals surface area contributed by atoms with Crippen LogP contribution in [0.4, 0.5) is 5.00 Å². The van der Waals surface area contributed by atoms with Gasteiger partial charge in [-0.3, -0.25) is 9.59 Å². The minimum atomic E-state index is -0.475. The number of thiophene rings is 1. The molecule has 142 valence electrons. The molecule has 1 aromatic heterocycles. The Kier molecular flexibility index (Phi) is 5.96. The average Bonchev–Trinajstić information content (AvgIpc) is 3.03. The lowest BCUT2D eigenvalue weighted by atomic mass is 9.85. The van der Waals surface area contributed by atoms with Crippen LogP contribution in [0.25, 0.3) is 6.08 Å². The average molecular weight is 385 g/mol. The van der Waals surface area contributed by atoms with E-state index < -0.39 is 5.91 Å². The number of anilines is 1. The lowest BCUT2D eigenvalue weighted by Gasteiger charge is -2.20. The third-order valence-electron chi connectivity index (χ3n) is 4.97. The summed E-state index contributed by atoms with van der Waals surface area (Å²) >= 11 is 1.48. The lowest BCUT2D eigenvalue weighted by molar-refractivity contribution is -0.111. The normalized spacial score (nSPS) is 16.1. The van der Waals surface area contributed by atoms with Crippen molar-refractivity contribution in [2.75, 3.05) is 12.4 Å². The van der Waals surface area contributed by atoms with Crippen molar-refractivity contribution in [1.29, 1.82) is 0 Å². The second kappa shape index (κ2) is 8.39. The van der Waals surface area contributed by atoms with E-state index >= 15 is 0 Å². The first-order valence-corrected chi connectivity index (χ1v) is 9.91. The van der Waals surface area contributed by atoms with E-state index in [-0.39, 0.29) is 5.91 Å². The molecule has 0 aliphatic heterocycles. The van der Waals surface area contributed by atoms with Crippen molar-refractivity contribution in [1.82, 2.24) is 0 Å². The summed E-state index contributed by atoms with van der Waals surface area (Å²) in [4.78, 5) is 25.5. The number of hydrogen-bond acceptors (Lipinski definition) is 4. The van der Waals surface area contributed by atoms with Gasteiger partial charge in [0, 0.05) is 11.0 Å². The van der Waals surface area contributed by atoms with Gasteiger partial charge in [-0.1, -0.05) is 25.5 Å². The molecule has 2 amide bonds. The van der Waals surface area contributed by atoms with E-state index in [1.54, 1.807) is 13.2 Å². The number of rotatable bonds is 6. The molecule has 0 spiro atoms. The van der Waals surface area contributed by atoms with E-state index in [0.29, 0.717) is 16.5 Å². The second-order valence-corrected chi connectivity index (χ2v) is 7.79. The Labute approximate surface area is 163 Å². The summed E-state index contributed by atoms with van der Waals surface area (Å²) in [5.74, 6) is 0.642. The summed E-state index contributed by atoms with van der Waals surface area (Å²) in [6.45, 7) is 2.19. The minimum Gasteiger partial charge on any atom is -0.497 e. The zero-order chi connectivity index (χ0) is 19.4. The Hall–Kier alpha value is -2.60. The van der Waals surface area contributed by atoms with Gasteiger partial charge in [-0.05, 0) is 54.5 Å². The van der Waals surface area contributed by atoms with E-state index in [2.05, 4.69) is 12.2 Å². The molecule has 3 rings (SSSR count). The molecular formula is C21H24N2O3S. The zero-order valence-electron chi connectivity index (χ0n) is 15.6. The molecule has 1 aromatic carbocycles. The van der Waals surface area contributed by atoms with E-state index in [9.17, 15) is 9.59 Å². The topological polar surface area (TPSA) is 81.4 Å². The van der Waals surface area contributed by atoms with Crippen LogP contribution in [-0.2, 0) is 17.6 Å². The van der Waals surface area contributed by atoms with Crippen LogP contribution < -0.4 is 15.8 Å². The summed E-state index contributed by atoms with van der Waals surface area (Å²) in [5.41, 5.74) is 7.99. The van der Waals surface area contributed by atoms with Gasteiger partial charge >= 0.3 is 0 Å². The highest BCUT2D eigenvalue weighted by Crippen LogP contribution is 2.40. The number of nitrogens with two attached hydrogens (primary N) is 1. The van der Waals surface area contributed by atoms with Gasteiger partial charge in [0.05, 0.1) is 12.7 Å². The van der Waals surface area contributed by atoms with Gasteiger partial charge in [0.2, 0.25) is 5.91 Å². The quantitative estimate of drug-likeness (QED) is 0.738. The van der Waals surface area contributed by atoms with Gasteiger partial charge < -0.3 is 15.8 Å². The molecule has 1 aliphatic rings. The largest absolute Gasteiger partial charge is 0.497 e. The monoisotopic (exact) mass is 384 g/mol. The second-order valence-electron chi connectivity index (χ2n) is 6.68. The predicted molar refractivity (Wildman–Crippen MR) is 109 cm³/mol. The summed E-state index contributed by atoms with van der Waals surface area (Å²) in [6.07, 6.45) is 7.16. The molecule has 0 saturated carbocycles. The number of fused-ring (bicyclic) bond motifs is 1. The maximum Gasteiger partial charge on any atom is 0.251 e. The zero-order valence-corrected chi connectivity index (χ0v) is 16.4. The van der Waals surface area contributed by atoms with Crippen LogP contribution in [0.3, 0.4) is 0 Å². The first-order valence-electron chi connectivity index (χ1n) is 9.09. The molecule has 27 heavy (non-hydrogen) atoms. The SMILES string of the molecule is CC[C@@H]1CCc2c(sc(NC(=O)/C=C/c3ccc(OC)cc3)c2C(N)=O)C1. The molecule has 0 fully saturated rings. The summed E-state index contributed by atoms with van der Waals surface area (Å²) in [7, 11) is 1.61. The summed E-state index contributed by atoms with van der Waals surface area (Å²) < 4.78 is 5.12. The molecule has 3 N–H and O–H groups in total. The molecule has 0 radical (unpaired) electrons. The molecule has 0 unspecified atom stereocenters. The smallest absolute Gasteiger partial charge is 0.251 e. The number of amides is 2. The Morgan fingerprint density at radius 3 is 2.70 bits per heavy atom. The maximum absolute atomic E-state index is 12.3. The van der Waals surface area contributed by atoms with Crippen molar-refractivity contribution < 1.29 is 14.3 Å². The Balaban J connectivity index is 1.76. The summed E-state index contributed by atoms with van der Waals surface area (Å²) in [5, 5.41) is 3.41. The third kappa shape index (κ3) is 4.39. The van der Waals surface area contributed by atoms with E-state index in [1.807, 2.05) is 24.3 Å². The number of carbonyl (C=O) groups is 2. The minimum absolute atomic E-state index is 0.279. The van der Waals surface area contributed by atoms with Crippen LogP contribution >= 0.6 is 11.3 Å². The van der Waals surface area contributed by atoms with Crippen molar-refractivity contribution in [3.63, 3.8) is 0 Å². The Bertz CT molecular complexity index is 868. The number of hydrogen-bond donors (Lipinski definition) is 2. The maximum atomic E-state index is 12.3. The molecule has 1 heterocycles. The highest BCUT2D eigenvalue weighted by molar-refractivity contribution is 7.17. The predicted octanol–water partition coefficient (Wildman–Crippen LogP) is 4.02. The standard InChI is InChI=1S/C21H24N2O3S/c1-3-13-6-10-16-17(12-13)27-21(19(16)20(22)25)23-18(24)11-7-14-4-8-15(26-2)9-5-14/h4-5,7-9,11,13H,3,6,10,12H2,1-2H3,(H2,22,25)(H,23,24)/b11-7+/t13-/m1/s1. The molecule has 5 nitrogen and oxygen atoms in total. The van der Waals surface area contributed by atoms with E-state index in [1.165, 1.54) is 22.3 Å². The van der Waals surface area contributed by atoms with Crippen molar-refractivity contribution in [3.05, 3.63) is 51.9 Å². The molecule has 2 aromatic rings. The molecule has 6 heteroatoms. The van der Waals surface area contributed by atoms with Gasteiger partial charge in [-0.15, -0.1) is 11.3 Å². The van der Waals surface area contributed by atoms with Crippen LogP contribution in [0.2, 0.25) is 0 Å². The molecule has 0 saturated heterocycles. The van der Waals surface area contributed by atoms with Crippen LogP contribution in [-0.4, -0.2) is 18.9 Å². The Morgan fingerprint density at radius 2 is 2.07 bits per heavy atom. The number of carbonyl (C=O) groups excluding carboxylic acids is 2. The van der Waals surface area contributed by atoms with Crippen LogP contribution in [0.15, 0.2) is 30.3 Å². The highest BCUT2D eigenvalue weighted by Gasteiger charge is 2.27. The fraction of sp³-hybridized carbons (Fsp3) is 0.333. The van der Waals surface area contributed by atoms with Crippen molar-refractivity contribution in [2.24, 2.45) is 11.7 Å². The number of primary amides is 1. The van der Waals surface area contributed by atoms with Gasteiger partial charge in [0.1, 0.15) is 10.8 Å². The number of ether oxygens (including phenoxy) is 1.